The Labute approximate surface area is 104 Å². The number of carbonyl (C=O) groups excluding carboxylic acids is 1. The number of hydrogen-bond donors (Lipinski definition) is 1. The van der Waals surface area contributed by atoms with Crippen LogP contribution in [0.2, 0.25) is 0 Å². The van der Waals surface area contributed by atoms with Crippen molar-refractivity contribution in [3.8, 4) is 0 Å². The molecule has 0 unspecified atom stereocenters. The maximum absolute atomic E-state index is 12.1. The van der Waals surface area contributed by atoms with Crippen molar-refractivity contribution >= 4 is 5.97 Å². The second kappa shape index (κ2) is 6.36. The molecule has 1 N–H and O–H groups in total. The summed E-state index contributed by atoms with van der Waals surface area (Å²) in [5.41, 5.74) is -0.501. The Morgan fingerprint density at radius 2 is 2.00 bits per heavy atom. The standard InChI is InChI=1S/C13H25NO3/c1-5-17-12(15)13(14-10(2)3)8-6-11(16-4)7-9-13/h10-11,14H,5-9H2,1-4H3. The van der Waals surface area contributed by atoms with Crippen LogP contribution < -0.4 is 5.32 Å². The number of hydrogen-bond acceptors (Lipinski definition) is 4. The summed E-state index contributed by atoms with van der Waals surface area (Å²) in [4.78, 5) is 12.1. The molecule has 0 heterocycles. The monoisotopic (exact) mass is 243 g/mol. The lowest BCUT2D eigenvalue weighted by Gasteiger charge is -2.39. The zero-order valence-electron chi connectivity index (χ0n) is 11.4. The van der Waals surface area contributed by atoms with Crippen molar-refractivity contribution in [3.05, 3.63) is 0 Å². The largest absolute Gasteiger partial charge is 0.465 e. The van der Waals surface area contributed by atoms with Gasteiger partial charge in [-0.05, 0) is 46.5 Å². The number of nitrogens with one attached hydrogen (secondary N) is 1. The lowest BCUT2D eigenvalue weighted by atomic mass is 9.79. The molecule has 1 fully saturated rings. The van der Waals surface area contributed by atoms with Crippen LogP contribution in [0.15, 0.2) is 0 Å². The topological polar surface area (TPSA) is 47.6 Å². The highest BCUT2D eigenvalue weighted by Gasteiger charge is 2.43. The number of carbonyl (C=O) groups is 1. The summed E-state index contributed by atoms with van der Waals surface area (Å²) in [7, 11) is 1.73. The molecule has 0 amide bonds. The first-order chi connectivity index (χ1) is 8.04. The molecule has 1 aliphatic carbocycles. The molecule has 0 aliphatic heterocycles. The Morgan fingerprint density at radius 3 is 2.41 bits per heavy atom. The van der Waals surface area contributed by atoms with E-state index in [1.165, 1.54) is 0 Å². The molecule has 1 rings (SSSR count). The number of rotatable bonds is 5. The summed E-state index contributed by atoms with van der Waals surface area (Å²) in [5, 5.41) is 3.39. The van der Waals surface area contributed by atoms with Gasteiger partial charge < -0.3 is 9.47 Å². The van der Waals surface area contributed by atoms with Gasteiger partial charge in [0.25, 0.3) is 0 Å². The zero-order valence-corrected chi connectivity index (χ0v) is 11.4. The van der Waals surface area contributed by atoms with Crippen molar-refractivity contribution < 1.29 is 14.3 Å². The van der Waals surface area contributed by atoms with Gasteiger partial charge in [-0.2, -0.15) is 0 Å². The average molecular weight is 243 g/mol. The minimum atomic E-state index is -0.501. The summed E-state index contributed by atoms with van der Waals surface area (Å²) in [6.45, 7) is 6.41. The summed E-state index contributed by atoms with van der Waals surface area (Å²) >= 11 is 0. The molecule has 0 aromatic carbocycles. The second-order valence-electron chi connectivity index (χ2n) is 5.04. The van der Waals surface area contributed by atoms with Gasteiger partial charge in [0.2, 0.25) is 0 Å². The smallest absolute Gasteiger partial charge is 0.326 e. The van der Waals surface area contributed by atoms with Gasteiger partial charge in [0.05, 0.1) is 12.7 Å². The number of methoxy groups -OCH3 is 1. The van der Waals surface area contributed by atoms with Gasteiger partial charge in [-0.1, -0.05) is 0 Å². The summed E-state index contributed by atoms with van der Waals surface area (Å²) in [6, 6.07) is 0.276. The molecular weight excluding hydrogens is 218 g/mol. The average Bonchev–Trinajstić information content (AvgIpc) is 2.29. The molecule has 1 saturated carbocycles. The summed E-state index contributed by atoms with van der Waals surface area (Å²) < 4.78 is 10.6. The summed E-state index contributed by atoms with van der Waals surface area (Å²) in [6.07, 6.45) is 3.70. The van der Waals surface area contributed by atoms with Crippen molar-refractivity contribution in [3.63, 3.8) is 0 Å². The quantitative estimate of drug-likeness (QED) is 0.749. The SMILES string of the molecule is CCOC(=O)C1(NC(C)C)CCC(OC)CC1. The van der Waals surface area contributed by atoms with Gasteiger partial charge in [0, 0.05) is 13.2 Å². The molecule has 4 heteroatoms. The molecule has 1 aliphatic rings. The van der Waals surface area contributed by atoms with E-state index < -0.39 is 5.54 Å². The normalized spacial score (nSPS) is 29.4. The highest BCUT2D eigenvalue weighted by atomic mass is 16.5. The first-order valence-corrected chi connectivity index (χ1v) is 6.51. The van der Waals surface area contributed by atoms with Gasteiger partial charge in [-0.3, -0.25) is 10.1 Å². The third kappa shape index (κ3) is 3.68. The number of esters is 1. The van der Waals surface area contributed by atoms with Crippen LogP contribution in [0.25, 0.3) is 0 Å². The Hall–Kier alpha value is -0.610. The van der Waals surface area contributed by atoms with E-state index in [2.05, 4.69) is 19.2 Å². The van der Waals surface area contributed by atoms with Crippen LogP contribution in [-0.4, -0.2) is 37.4 Å². The van der Waals surface area contributed by atoms with E-state index in [1.54, 1.807) is 7.11 Å². The molecule has 0 radical (unpaired) electrons. The maximum Gasteiger partial charge on any atom is 0.326 e. The van der Waals surface area contributed by atoms with E-state index in [0.29, 0.717) is 6.61 Å². The van der Waals surface area contributed by atoms with E-state index in [1.807, 2.05) is 6.92 Å². The fourth-order valence-corrected chi connectivity index (χ4v) is 2.55. The Bertz CT molecular complexity index is 245. The van der Waals surface area contributed by atoms with E-state index in [-0.39, 0.29) is 18.1 Å². The predicted octanol–water partition coefficient (Wildman–Crippen LogP) is 1.88. The van der Waals surface area contributed by atoms with Crippen LogP contribution in [-0.2, 0) is 14.3 Å². The molecule has 0 saturated heterocycles. The molecule has 0 atom stereocenters. The van der Waals surface area contributed by atoms with Crippen LogP contribution in [0.5, 0.6) is 0 Å². The van der Waals surface area contributed by atoms with E-state index in [0.717, 1.165) is 25.7 Å². The van der Waals surface area contributed by atoms with Crippen LogP contribution >= 0.6 is 0 Å². The van der Waals surface area contributed by atoms with Crippen LogP contribution in [0, 0.1) is 0 Å². The molecule has 4 nitrogen and oxygen atoms in total. The molecule has 0 aromatic heterocycles. The first kappa shape index (κ1) is 14.5. The van der Waals surface area contributed by atoms with Crippen LogP contribution in [0.1, 0.15) is 46.5 Å². The third-order valence-corrected chi connectivity index (χ3v) is 3.35. The van der Waals surface area contributed by atoms with Crippen molar-refractivity contribution in [1.29, 1.82) is 0 Å². The van der Waals surface area contributed by atoms with Crippen molar-refractivity contribution in [2.24, 2.45) is 0 Å². The highest BCUT2D eigenvalue weighted by Crippen LogP contribution is 2.31. The highest BCUT2D eigenvalue weighted by molar-refractivity contribution is 5.81. The maximum atomic E-state index is 12.1. The molecule has 17 heavy (non-hydrogen) atoms. The van der Waals surface area contributed by atoms with E-state index >= 15 is 0 Å². The van der Waals surface area contributed by atoms with Gasteiger partial charge in [0.15, 0.2) is 0 Å². The van der Waals surface area contributed by atoms with Crippen LogP contribution in [0.4, 0.5) is 0 Å². The number of ether oxygens (including phenoxy) is 2. The van der Waals surface area contributed by atoms with E-state index in [9.17, 15) is 4.79 Å². The molecule has 0 aromatic rings. The Balaban J connectivity index is 2.70. The molecule has 0 bridgehead atoms. The minimum Gasteiger partial charge on any atom is -0.465 e. The van der Waals surface area contributed by atoms with Crippen molar-refractivity contribution in [2.45, 2.75) is 64.1 Å². The van der Waals surface area contributed by atoms with E-state index in [4.69, 9.17) is 9.47 Å². The fourth-order valence-electron chi connectivity index (χ4n) is 2.55. The predicted molar refractivity (Wildman–Crippen MR) is 66.9 cm³/mol. The third-order valence-electron chi connectivity index (χ3n) is 3.35. The van der Waals surface area contributed by atoms with Crippen molar-refractivity contribution in [2.75, 3.05) is 13.7 Å². The zero-order chi connectivity index (χ0) is 12.9. The van der Waals surface area contributed by atoms with Crippen LogP contribution in [0.3, 0.4) is 0 Å². The van der Waals surface area contributed by atoms with Gasteiger partial charge in [-0.25, -0.2) is 0 Å². The fraction of sp³-hybridized carbons (Fsp3) is 0.923. The summed E-state index contributed by atoms with van der Waals surface area (Å²) in [5.74, 6) is -0.108. The van der Waals surface area contributed by atoms with Gasteiger partial charge >= 0.3 is 5.97 Å². The lowest BCUT2D eigenvalue weighted by Crippen LogP contribution is -2.57. The Morgan fingerprint density at radius 1 is 1.41 bits per heavy atom. The van der Waals surface area contributed by atoms with Crippen molar-refractivity contribution in [1.82, 2.24) is 5.32 Å². The molecule has 100 valence electrons. The lowest BCUT2D eigenvalue weighted by molar-refractivity contribution is -0.154. The molecular formula is C13H25NO3. The Kier molecular flexibility index (Phi) is 5.40. The second-order valence-corrected chi connectivity index (χ2v) is 5.04. The van der Waals surface area contributed by atoms with Gasteiger partial charge in [0.1, 0.15) is 5.54 Å². The first-order valence-electron chi connectivity index (χ1n) is 6.51. The van der Waals surface area contributed by atoms with Gasteiger partial charge in [-0.15, -0.1) is 0 Å². The molecule has 0 spiro atoms. The minimum absolute atomic E-state index is 0.108.